The Morgan fingerprint density at radius 3 is 2.39 bits per heavy atom. The van der Waals surface area contributed by atoms with Crippen LogP contribution in [0.5, 0.6) is 11.5 Å². The number of ether oxygens (including phenoxy) is 2. The normalized spacial score (nSPS) is 15.6. The van der Waals surface area contributed by atoms with Crippen LogP contribution in [-0.2, 0) is 16.1 Å². The third kappa shape index (κ3) is 3.71. The lowest BCUT2D eigenvalue weighted by molar-refractivity contribution is -0.130. The maximum atomic E-state index is 13.1. The number of methoxy groups -OCH3 is 2. The lowest BCUT2D eigenvalue weighted by Gasteiger charge is -2.26. The summed E-state index contributed by atoms with van der Waals surface area (Å²) in [6, 6.07) is 9.54. The van der Waals surface area contributed by atoms with Crippen LogP contribution in [0.1, 0.15) is 11.1 Å². The van der Waals surface area contributed by atoms with Gasteiger partial charge in [-0.3, -0.25) is 19.8 Å². The molecule has 0 radical (unpaired) electrons. The first-order valence-corrected chi connectivity index (χ1v) is 8.29. The van der Waals surface area contributed by atoms with Gasteiger partial charge in [-0.05, 0) is 29.8 Å². The van der Waals surface area contributed by atoms with Gasteiger partial charge in [0, 0.05) is 5.56 Å². The van der Waals surface area contributed by atoms with E-state index in [4.69, 9.17) is 9.47 Å². The summed E-state index contributed by atoms with van der Waals surface area (Å²) < 4.78 is 23.6. The number of hydrogen-bond donors (Lipinski definition) is 1. The van der Waals surface area contributed by atoms with Crippen LogP contribution in [0.2, 0.25) is 0 Å². The van der Waals surface area contributed by atoms with Crippen LogP contribution < -0.4 is 14.8 Å². The van der Waals surface area contributed by atoms with E-state index < -0.39 is 23.7 Å². The Morgan fingerprint density at radius 2 is 1.75 bits per heavy atom. The van der Waals surface area contributed by atoms with Crippen LogP contribution in [0.3, 0.4) is 0 Å². The standard InChI is InChI=1S/C20H17FN2O5/c1-27-16-5-3-4-13(17(16)28-2)10-15-18(24)22-20(26)23(19(15)25)11-12-6-8-14(21)9-7-12/h3-10H,11H2,1-2H3,(H,22,24,26). The molecule has 1 aliphatic heterocycles. The van der Waals surface area contributed by atoms with Crippen molar-refractivity contribution in [2.45, 2.75) is 6.54 Å². The molecule has 0 spiro atoms. The van der Waals surface area contributed by atoms with Crippen molar-refractivity contribution in [3.05, 3.63) is 65.0 Å². The quantitative estimate of drug-likeness (QED) is 0.633. The Kier molecular flexibility index (Phi) is 5.39. The molecule has 4 amide bonds. The fourth-order valence-corrected chi connectivity index (χ4v) is 2.79. The smallest absolute Gasteiger partial charge is 0.331 e. The second-order valence-electron chi connectivity index (χ2n) is 5.92. The van der Waals surface area contributed by atoms with Crippen LogP contribution >= 0.6 is 0 Å². The Hall–Kier alpha value is -3.68. The van der Waals surface area contributed by atoms with E-state index in [0.717, 1.165) is 4.90 Å². The Balaban J connectivity index is 1.96. The molecule has 1 heterocycles. The fourth-order valence-electron chi connectivity index (χ4n) is 2.79. The predicted molar refractivity (Wildman–Crippen MR) is 98.0 cm³/mol. The van der Waals surface area contributed by atoms with Crippen LogP contribution in [0.15, 0.2) is 48.0 Å². The highest BCUT2D eigenvalue weighted by Gasteiger charge is 2.36. The first-order chi connectivity index (χ1) is 13.4. The van der Waals surface area contributed by atoms with Gasteiger partial charge in [0.25, 0.3) is 11.8 Å². The number of carbonyl (C=O) groups is 3. The van der Waals surface area contributed by atoms with E-state index in [1.54, 1.807) is 18.2 Å². The zero-order valence-corrected chi connectivity index (χ0v) is 15.2. The molecule has 2 aromatic carbocycles. The van der Waals surface area contributed by atoms with Crippen molar-refractivity contribution >= 4 is 23.9 Å². The molecule has 28 heavy (non-hydrogen) atoms. The first-order valence-electron chi connectivity index (χ1n) is 8.29. The SMILES string of the molecule is COc1cccc(C=C2C(=O)NC(=O)N(Cc3ccc(F)cc3)C2=O)c1OC. The minimum atomic E-state index is -0.839. The summed E-state index contributed by atoms with van der Waals surface area (Å²) in [5, 5.41) is 2.14. The fraction of sp³-hybridized carbons (Fsp3) is 0.150. The van der Waals surface area contributed by atoms with Crippen molar-refractivity contribution in [1.29, 1.82) is 0 Å². The van der Waals surface area contributed by atoms with E-state index in [0.29, 0.717) is 22.6 Å². The number of carbonyl (C=O) groups excluding carboxylic acids is 3. The molecule has 1 aliphatic rings. The molecule has 0 saturated carbocycles. The number of barbiturate groups is 1. The summed E-state index contributed by atoms with van der Waals surface area (Å²) in [4.78, 5) is 38.1. The van der Waals surface area contributed by atoms with Gasteiger partial charge in [-0.1, -0.05) is 24.3 Å². The monoisotopic (exact) mass is 384 g/mol. The molecule has 2 aromatic rings. The average Bonchev–Trinajstić information content (AvgIpc) is 2.69. The van der Waals surface area contributed by atoms with E-state index in [1.165, 1.54) is 44.6 Å². The molecule has 0 bridgehead atoms. The molecule has 0 aromatic heterocycles. The minimum absolute atomic E-state index is 0.106. The first kappa shape index (κ1) is 19.1. The largest absolute Gasteiger partial charge is 0.493 e. The zero-order chi connectivity index (χ0) is 20.3. The minimum Gasteiger partial charge on any atom is -0.493 e. The summed E-state index contributed by atoms with van der Waals surface area (Å²) in [6.07, 6.45) is 1.34. The third-order valence-electron chi connectivity index (χ3n) is 4.17. The maximum absolute atomic E-state index is 13.1. The van der Waals surface area contributed by atoms with E-state index in [2.05, 4.69) is 5.32 Å². The number of hydrogen-bond acceptors (Lipinski definition) is 5. The Bertz CT molecular complexity index is 969. The number of imide groups is 2. The molecule has 0 aliphatic carbocycles. The van der Waals surface area contributed by atoms with Crippen molar-refractivity contribution in [3.63, 3.8) is 0 Å². The highest BCUT2D eigenvalue weighted by molar-refractivity contribution is 6.31. The van der Waals surface area contributed by atoms with E-state index in [-0.39, 0.29) is 12.1 Å². The number of rotatable bonds is 5. The van der Waals surface area contributed by atoms with Crippen molar-refractivity contribution in [2.24, 2.45) is 0 Å². The highest BCUT2D eigenvalue weighted by Crippen LogP contribution is 2.32. The van der Waals surface area contributed by atoms with Crippen molar-refractivity contribution in [1.82, 2.24) is 10.2 Å². The molecular weight excluding hydrogens is 367 g/mol. The summed E-state index contributed by atoms with van der Waals surface area (Å²) in [6.45, 7) is -0.106. The molecule has 1 N–H and O–H groups in total. The molecule has 1 fully saturated rings. The third-order valence-corrected chi connectivity index (χ3v) is 4.17. The van der Waals surface area contributed by atoms with Gasteiger partial charge < -0.3 is 9.47 Å². The van der Waals surface area contributed by atoms with Crippen LogP contribution in [0.4, 0.5) is 9.18 Å². The number of para-hydroxylation sites is 1. The van der Waals surface area contributed by atoms with Gasteiger partial charge in [-0.2, -0.15) is 0 Å². The predicted octanol–water partition coefficient (Wildman–Crippen LogP) is 2.50. The van der Waals surface area contributed by atoms with Crippen molar-refractivity contribution in [3.8, 4) is 11.5 Å². The molecule has 7 nitrogen and oxygen atoms in total. The summed E-state index contributed by atoms with van der Waals surface area (Å²) >= 11 is 0. The number of nitrogens with zero attached hydrogens (tertiary/aromatic N) is 1. The molecule has 1 saturated heterocycles. The van der Waals surface area contributed by atoms with Gasteiger partial charge in [0.1, 0.15) is 11.4 Å². The van der Waals surface area contributed by atoms with Gasteiger partial charge in [-0.25, -0.2) is 9.18 Å². The van der Waals surface area contributed by atoms with Crippen LogP contribution in [-0.4, -0.2) is 37.0 Å². The Morgan fingerprint density at radius 1 is 1.04 bits per heavy atom. The number of halogens is 1. The topological polar surface area (TPSA) is 84.9 Å². The Labute approximate surface area is 160 Å². The molecule has 144 valence electrons. The average molecular weight is 384 g/mol. The van der Waals surface area contributed by atoms with E-state index in [9.17, 15) is 18.8 Å². The summed E-state index contributed by atoms with van der Waals surface area (Å²) in [5.41, 5.74) is 0.752. The van der Waals surface area contributed by atoms with Gasteiger partial charge in [0.2, 0.25) is 0 Å². The van der Waals surface area contributed by atoms with E-state index >= 15 is 0 Å². The summed E-state index contributed by atoms with van der Waals surface area (Å²) in [5.74, 6) is -1.22. The molecule has 0 atom stereocenters. The number of nitrogens with one attached hydrogen (secondary N) is 1. The molecule has 8 heteroatoms. The lowest BCUT2D eigenvalue weighted by Crippen LogP contribution is -2.53. The number of benzene rings is 2. The number of urea groups is 1. The van der Waals surface area contributed by atoms with Crippen LogP contribution in [0, 0.1) is 5.82 Å². The second kappa shape index (κ2) is 7.91. The second-order valence-corrected chi connectivity index (χ2v) is 5.92. The highest BCUT2D eigenvalue weighted by atomic mass is 19.1. The summed E-state index contributed by atoms with van der Waals surface area (Å²) in [7, 11) is 2.91. The van der Waals surface area contributed by atoms with Gasteiger partial charge in [-0.15, -0.1) is 0 Å². The van der Waals surface area contributed by atoms with Crippen molar-refractivity contribution in [2.75, 3.05) is 14.2 Å². The van der Waals surface area contributed by atoms with Gasteiger partial charge >= 0.3 is 6.03 Å². The van der Waals surface area contributed by atoms with Crippen LogP contribution in [0.25, 0.3) is 6.08 Å². The molecule has 0 unspecified atom stereocenters. The zero-order valence-electron chi connectivity index (χ0n) is 15.2. The number of amides is 4. The molecular formula is C20H17FN2O5. The lowest BCUT2D eigenvalue weighted by atomic mass is 10.1. The maximum Gasteiger partial charge on any atom is 0.331 e. The van der Waals surface area contributed by atoms with Gasteiger partial charge in [0.05, 0.1) is 20.8 Å². The van der Waals surface area contributed by atoms with Gasteiger partial charge in [0.15, 0.2) is 11.5 Å². The van der Waals surface area contributed by atoms with Crippen molar-refractivity contribution < 1.29 is 28.2 Å². The van der Waals surface area contributed by atoms with E-state index in [1.807, 2.05) is 0 Å². The molecule has 3 rings (SSSR count).